The van der Waals surface area contributed by atoms with Crippen LogP contribution in [0.15, 0.2) is 18.2 Å². The molecule has 28 heavy (non-hydrogen) atoms. The van der Waals surface area contributed by atoms with Crippen LogP contribution >= 0.6 is 0 Å². The molecule has 1 atom stereocenters. The minimum Gasteiger partial charge on any atom is -0.336 e. The Bertz CT molecular complexity index is 893. The van der Waals surface area contributed by atoms with Gasteiger partial charge in [-0.2, -0.15) is 13.2 Å². The Morgan fingerprint density at radius 3 is 2.71 bits per heavy atom. The van der Waals surface area contributed by atoms with E-state index in [1.807, 2.05) is 0 Å². The van der Waals surface area contributed by atoms with Gasteiger partial charge in [-0.1, -0.05) is 0 Å². The molecule has 5 nitrogen and oxygen atoms in total. The lowest BCUT2D eigenvalue weighted by Crippen LogP contribution is -2.40. The summed E-state index contributed by atoms with van der Waals surface area (Å²) in [4.78, 5) is 17.5. The van der Waals surface area contributed by atoms with Crippen molar-refractivity contribution in [1.82, 2.24) is 14.5 Å². The van der Waals surface area contributed by atoms with E-state index in [0.29, 0.717) is 5.69 Å². The molecule has 0 aliphatic carbocycles. The molecule has 0 fully saturated rings. The molecule has 0 bridgehead atoms. The van der Waals surface area contributed by atoms with Crippen LogP contribution in [0.2, 0.25) is 0 Å². The van der Waals surface area contributed by atoms with E-state index in [1.165, 1.54) is 11.9 Å². The minimum atomic E-state index is -4.57. The van der Waals surface area contributed by atoms with Gasteiger partial charge in [-0.3, -0.25) is 4.79 Å². The molecule has 0 radical (unpaired) electrons. The highest BCUT2D eigenvalue weighted by atomic mass is 19.4. The average molecular weight is 402 g/mol. The van der Waals surface area contributed by atoms with Gasteiger partial charge in [0.25, 0.3) is 0 Å². The highest BCUT2D eigenvalue weighted by Crippen LogP contribution is 2.31. The number of amides is 1. The summed E-state index contributed by atoms with van der Waals surface area (Å²) in [5, 5.41) is 0. The highest BCUT2D eigenvalue weighted by Gasteiger charge is 2.39. The van der Waals surface area contributed by atoms with Crippen molar-refractivity contribution in [2.45, 2.75) is 38.0 Å². The lowest BCUT2D eigenvalue weighted by atomic mass is 10.0. The molecule has 2 N–H and O–H groups in total. The molecule has 1 aliphatic heterocycles. The van der Waals surface area contributed by atoms with E-state index >= 15 is 0 Å². The van der Waals surface area contributed by atoms with Crippen molar-refractivity contribution in [3.05, 3.63) is 52.6 Å². The molecular weight excluding hydrogens is 383 g/mol. The summed E-state index contributed by atoms with van der Waals surface area (Å²) in [6.45, 7) is 0.197. The largest absolute Gasteiger partial charge is 0.449 e. The first kappa shape index (κ1) is 20.2. The number of alkyl halides is 3. The molecule has 1 aromatic heterocycles. The van der Waals surface area contributed by atoms with Gasteiger partial charge < -0.3 is 15.2 Å². The predicted octanol–water partition coefficient (Wildman–Crippen LogP) is 2.56. The maximum absolute atomic E-state index is 13.7. The monoisotopic (exact) mass is 402 g/mol. The van der Waals surface area contributed by atoms with Gasteiger partial charge in [-0.05, 0) is 30.2 Å². The van der Waals surface area contributed by atoms with Crippen LogP contribution in [0.25, 0.3) is 0 Å². The van der Waals surface area contributed by atoms with Crippen molar-refractivity contribution in [2.75, 3.05) is 6.54 Å². The maximum atomic E-state index is 13.7. The molecule has 1 amide bonds. The Morgan fingerprint density at radius 1 is 1.32 bits per heavy atom. The number of hydrogen-bond acceptors (Lipinski definition) is 3. The van der Waals surface area contributed by atoms with Crippen LogP contribution in [0.1, 0.15) is 29.2 Å². The van der Waals surface area contributed by atoms with Gasteiger partial charge >= 0.3 is 6.18 Å². The van der Waals surface area contributed by atoms with Gasteiger partial charge in [0.05, 0.1) is 12.2 Å². The Balaban J connectivity index is 1.65. The van der Waals surface area contributed by atoms with Crippen LogP contribution in [0.4, 0.5) is 22.0 Å². The number of fused-ring (bicyclic) bond motifs is 1. The van der Waals surface area contributed by atoms with Gasteiger partial charge in [0, 0.05) is 38.2 Å². The van der Waals surface area contributed by atoms with Crippen LogP contribution in [0.3, 0.4) is 0 Å². The summed E-state index contributed by atoms with van der Waals surface area (Å²) in [5.41, 5.74) is 6.63. The molecule has 152 valence electrons. The predicted molar refractivity (Wildman–Crippen MR) is 90.0 cm³/mol. The average Bonchev–Trinajstić information content (AvgIpc) is 2.94. The summed E-state index contributed by atoms with van der Waals surface area (Å²) in [6, 6.07) is 2.26. The van der Waals surface area contributed by atoms with Crippen molar-refractivity contribution in [1.29, 1.82) is 0 Å². The number of halogens is 5. The smallest absolute Gasteiger partial charge is 0.336 e. The van der Waals surface area contributed by atoms with E-state index in [-0.39, 0.29) is 49.5 Å². The molecule has 0 saturated carbocycles. The molecule has 0 saturated heterocycles. The van der Waals surface area contributed by atoms with Crippen molar-refractivity contribution < 1.29 is 26.7 Å². The number of benzene rings is 1. The normalized spacial score (nSPS) is 15.5. The molecule has 10 heteroatoms. The molecule has 1 aliphatic rings. The van der Waals surface area contributed by atoms with Crippen LogP contribution in [0.5, 0.6) is 0 Å². The number of nitrogens with two attached hydrogens (primary N) is 1. The standard InChI is InChI=1S/C18H19F5N4O/c1-26-15-4-5-27(9-14(15)25-17(26)18(21,22)23)16(28)8-12(24)7-10-6-11(19)2-3-13(10)20/h2-3,6,12H,4-5,7-9,24H2,1H3/t12-/m1/s1. The number of hydrogen-bond donors (Lipinski definition) is 1. The Morgan fingerprint density at radius 2 is 2.04 bits per heavy atom. The third-order valence-electron chi connectivity index (χ3n) is 4.79. The second-order valence-electron chi connectivity index (χ2n) is 6.85. The number of aromatic nitrogens is 2. The number of nitrogens with zero attached hydrogens (tertiary/aromatic N) is 3. The van der Waals surface area contributed by atoms with Crippen LogP contribution in [0, 0.1) is 11.6 Å². The molecule has 0 spiro atoms. The van der Waals surface area contributed by atoms with E-state index in [4.69, 9.17) is 5.73 Å². The highest BCUT2D eigenvalue weighted by molar-refractivity contribution is 5.77. The Kier molecular flexibility index (Phi) is 5.42. The van der Waals surface area contributed by atoms with Crippen molar-refractivity contribution in [3.8, 4) is 0 Å². The third-order valence-corrected chi connectivity index (χ3v) is 4.79. The van der Waals surface area contributed by atoms with Gasteiger partial charge in [0.15, 0.2) is 0 Å². The van der Waals surface area contributed by atoms with Crippen LogP contribution in [-0.2, 0) is 37.4 Å². The number of rotatable bonds is 4. The minimum absolute atomic E-state index is 0.0315. The fraction of sp³-hybridized carbons (Fsp3) is 0.444. The zero-order valence-corrected chi connectivity index (χ0v) is 15.1. The third kappa shape index (κ3) is 4.16. The zero-order chi connectivity index (χ0) is 20.6. The number of imidazole rings is 1. The van der Waals surface area contributed by atoms with Crippen molar-refractivity contribution in [2.24, 2.45) is 12.8 Å². The summed E-state index contributed by atoms with van der Waals surface area (Å²) >= 11 is 0. The van der Waals surface area contributed by atoms with E-state index < -0.39 is 29.7 Å². The molecule has 3 rings (SSSR count). The van der Waals surface area contributed by atoms with Gasteiger partial charge in [0.2, 0.25) is 11.7 Å². The van der Waals surface area contributed by atoms with E-state index in [0.717, 1.165) is 22.8 Å². The first-order valence-corrected chi connectivity index (χ1v) is 8.65. The van der Waals surface area contributed by atoms with Gasteiger partial charge in [-0.25, -0.2) is 13.8 Å². The van der Waals surface area contributed by atoms with Crippen molar-refractivity contribution in [3.63, 3.8) is 0 Å². The molecular formula is C18H19F5N4O. The second kappa shape index (κ2) is 7.50. The van der Waals surface area contributed by atoms with Gasteiger partial charge in [0.1, 0.15) is 11.6 Å². The lowest BCUT2D eigenvalue weighted by Gasteiger charge is -2.28. The zero-order valence-electron chi connectivity index (χ0n) is 15.1. The second-order valence-corrected chi connectivity index (χ2v) is 6.85. The fourth-order valence-electron chi connectivity index (χ4n) is 3.40. The van der Waals surface area contributed by atoms with Crippen LogP contribution in [-0.4, -0.2) is 32.9 Å². The van der Waals surface area contributed by atoms with Crippen LogP contribution < -0.4 is 5.73 Å². The first-order valence-electron chi connectivity index (χ1n) is 8.65. The van der Waals surface area contributed by atoms with Gasteiger partial charge in [-0.15, -0.1) is 0 Å². The maximum Gasteiger partial charge on any atom is 0.449 e. The number of carbonyl (C=O) groups is 1. The fourth-order valence-corrected chi connectivity index (χ4v) is 3.40. The Labute approximate surface area is 157 Å². The van der Waals surface area contributed by atoms with Crippen molar-refractivity contribution >= 4 is 5.91 Å². The topological polar surface area (TPSA) is 64.2 Å². The van der Waals surface area contributed by atoms with E-state index in [9.17, 15) is 26.7 Å². The summed E-state index contributed by atoms with van der Waals surface area (Å²) in [5.74, 6) is -2.58. The molecule has 2 heterocycles. The first-order chi connectivity index (χ1) is 13.1. The quantitative estimate of drug-likeness (QED) is 0.800. The summed E-state index contributed by atoms with van der Waals surface area (Å²) < 4.78 is 66.9. The summed E-state index contributed by atoms with van der Waals surface area (Å²) in [6.07, 6.45) is -4.49. The molecule has 2 aromatic rings. The van der Waals surface area contributed by atoms with E-state index in [2.05, 4.69) is 4.98 Å². The SMILES string of the molecule is Cn1c(C(F)(F)F)nc2c1CCN(C(=O)C[C@H](N)Cc1cc(F)ccc1F)C2. The Hall–Kier alpha value is -2.49. The number of carbonyl (C=O) groups excluding carboxylic acids is 1. The van der Waals surface area contributed by atoms with E-state index in [1.54, 1.807) is 0 Å². The lowest BCUT2D eigenvalue weighted by molar-refractivity contribution is -0.146. The molecule has 1 aromatic carbocycles. The molecule has 0 unspecified atom stereocenters. The summed E-state index contributed by atoms with van der Waals surface area (Å²) in [7, 11) is 1.30.